The Morgan fingerprint density at radius 3 is 2.95 bits per heavy atom. The van der Waals surface area contributed by atoms with E-state index in [9.17, 15) is 4.79 Å². The van der Waals surface area contributed by atoms with Gasteiger partial charge in [-0.15, -0.1) is 0 Å². The average molecular weight is 258 g/mol. The molecule has 0 aliphatic heterocycles. The zero-order chi connectivity index (χ0) is 13.7. The number of nitrogens with one attached hydrogen (secondary N) is 1. The van der Waals surface area contributed by atoms with E-state index >= 15 is 0 Å². The van der Waals surface area contributed by atoms with Gasteiger partial charge in [0, 0.05) is 31.3 Å². The highest BCUT2D eigenvalue weighted by Gasteiger charge is 2.10. The van der Waals surface area contributed by atoms with Crippen LogP contribution >= 0.6 is 0 Å². The highest BCUT2D eigenvalue weighted by molar-refractivity contribution is 6.06. The van der Waals surface area contributed by atoms with Gasteiger partial charge in [0.05, 0.1) is 11.1 Å². The maximum Gasteiger partial charge on any atom is 0.252 e. The topological polar surface area (TPSA) is 51.2 Å². The molecule has 4 nitrogen and oxygen atoms in total. The number of carbonyl (C=O) groups excluding carboxylic acids is 1. The van der Waals surface area contributed by atoms with Crippen molar-refractivity contribution in [3.05, 3.63) is 41.6 Å². The second-order valence-corrected chi connectivity index (χ2v) is 4.43. The van der Waals surface area contributed by atoms with Crippen molar-refractivity contribution in [1.82, 2.24) is 10.3 Å². The van der Waals surface area contributed by atoms with E-state index in [1.54, 1.807) is 7.11 Å². The molecule has 0 saturated heterocycles. The number of aromatic nitrogens is 1. The van der Waals surface area contributed by atoms with Crippen LogP contribution in [0.15, 0.2) is 30.3 Å². The van der Waals surface area contributed by atoms with E-state index in [4.69, 9.17) is 4.74 Å². The number of carbonyl (C=O) groups is 1. The number of methoxy groups -OCH3 is 1. The first-order valence-electron chi connectivity index (χ1n) is 6.36. The Bertz CT molecular complexity index is 581. The number of fused-ring (bicyclic) bond motifs is 1. The molecular formula is C15H18N2O2. The Morgan fingerprint density at radius 1 is 1.37 bits per heavy atom. The first kappa shape index (κ1) is 13.5. The Kier molecular flexibility index (Phi) is 4.47. The Morgan fingerprint density at radius 2 is 2.16 bits per heavy atom. The molecule has 0 bridgehead atoms. The maximum absolute atomic E-state index is 12.2. The summed E-state index contributed by atoms with van der Waals surface area (Å²) < 4.78 is 4.96. The average Bonchev–Trinajstić information content (AvgIpc) is 2.42. The Labute approximate surface area is 112 Å². The third kappa shape index (κ3) is 3.29. The quantitative estimate of drug-likeness (QED) is 0.837. The SMILES string of the molecule is COCCCNC(=O)c1cc(C)nc2ccccc12. The number of aryl methyl sites for hydroxylation is 1. The smallest absolute Gasteiger partial charge is 0.252 e. The van der Waals surface area contributed by atoms with E-state index in [1.165, 1.54) is 0 Å². The zero-order valence-corrected chi connectivity index (χ0v) is 11.3. The number of pyridine rings is 1. The molecule has 0 saturated carbocycles. The van der Waals surface area contributed by atoms with Crippen molar-refractivity contribution in [3.63, 3.8) is 0 Å². The standard InChI is InChI=1S/C15H18N2O2/c1-11-10-13(15(18)16-8-5-9-19-2)12-6-3-4-7-14(12)17-11/h3-4,6-7,10H,5,8-9H2,1-2H3,(H,16,18). The highest BCUT2D eigenvalue weighted by atomic mass is 16.5. The molecule has 0 aliphatic carbocycles. The van der Waals surface area contributed by atoms with Crippen LogP contribution in [0, 0.1) is 6.92 Å². The summed E-state index contributed by atoms with van der Waals surface area (Å²) in [5.41, 5.74) is 2.38. The van der Waals surface area contributed by atoms with Gasteiger partial charge in [0.25, 0.3) is 5.91 Å². The molecule has 19 heavy (non-hydrogen) atoms. The van der Waals surface area contributed by atoms with Crippen LogP contribution in [-0.2, 0) is 4.74 Å². The van der Waals surface area contributed by atoms with Crippen LogP contribution in [0.25, 0.3) is 10.9 Å². The molecule has 0 unspecified atom stereocenters. The van der Waals surface area contributed by atoms with E-state index in [1.807, 2.05) is 37.3 Å². The number of benzene rings is 1. The van der Waals surface area contributed by atoms with Gasteiger partial charge in [0.2, 0.25) is 0 Å². The third-order valence-corrected chi connectivity index (χ3v) is 2.90. The van der Waals surface area contributed by atoms with Crippen LogP contribution in [0.2, 0.25) is 0 Å². The number of rotatable bonds is 5. The van der Waals surface area contributed by atoms with Crippen molar-refractivity contribution < 1.29 is 9.53 Å². The predicted molar refractivity (Wildman–Crippen MR) is 75.3 cm³/mol. The number of hydrogen-bond acceptors (Lipinski definition) is 3. The lowest BCUT2D eigenvalue weighted by molar-refractivity contribution is 0.0950. The Balaban J connectivity index is 2.21. The van der Waals surface area contributed by atoms with Crippen molar-refractivity contribution in [1.29, 1.82) is 0 Å². The third-order valence-electron chi connectivity index (χ3n) is 2.90. The van der Waals surface area contributed by atoms with Crippen molar-refractivity contribution in [2.75, 3.05) is 20.3 Å². The molecule has 0 aliphatic rings. The van der Waals surface area contributed by atoms with E-state index in [0.717, 1.165) is 23.0 Å². The predicted octanol–water partition coefficient (Wildman–Crippen LogP) is 2.31. The van der Waals surface area contributed by atoms with Gasteiger partial charge in [-0.25, -0.2) is 0 Å². The molecule has 0 fully saturated rings. The van der Waals surface area contributed by atoms with Crippen LogP contribution in [0.1, 0.15) is 22.5 Å². The molecule has 0 atom stereocenters. The zero-order valence-electron chi connectivity index (χ0n) is 11.3. The fourth-order valence-corrected chi connectivity index (χ4v) is 2.01. The fourth-order valence-electron chi connectivity index (χ4n) is 2.01. The number of hydrogen-bond donors (Lipinski definition) is 1. The number of amides is 1. The van der Waals surface area contributed by atoms with Crippen molar-refractivity contribution in [3.8, 4) is 0 Å². The lowest BCUT2D eigenvalue weighted by atomic mass is 10.1. The van der Waals surface area contributed by atoms with Gasteiger partial charge in [-0.3, -0.25) is 9.78 Å². The summed E-state index contributed by atoms with van der Waals surface area (Å²) in [6, 6.07) is 9.51. The normalized spacial score (nSPS) is 10.6. The van der Waals surface area contributed by atoms with E-state index in [0.29, 0.717) is 18.7 Å². The van der Waals surface area contributed by atoms with Crippen molar-refractivity contribution >= 4 is 16.8 Å². The molecule has 0 radical (unpaired) electrons. The summed E-state index contributed by atoms with van der Waals surface area (Å²) >= 11 is 0. The first-order valence-corrected chi connectivity index (χ1v) is 6.36. The summed E-state index contributed by atoms with van der Waals surface area (Å²) in [4.78, 5) is 16.6. The van der Waals surface area contributed by atoms with Gasteiger partial charge in [0.1, 0.15) is 0 Å². The van der Waals surface area contributed by atoms with Gasteiger partial charge in [-0.05, 0) is 25.5 Å². The van der Waals surface area contributed by atoms with Crippen LogP contribution in [-0.4, -0.2) is 31.2 Å². The molecule has 1 aromatic heterocycles. The number of nitrogens with zero attached hydrogens (tertiary/aromatic N) is 1. The molecule has 100 valence electrons. The minimum atomic E-state index is -0.0576. The van der Waals surface area contributed by atoms with E-state index in [-0.39, 0.29) is 5.91 Å². The molecule has 1 heterocycles. The van der Waals surface area contributed by atoms with Crippen LogP contribution < -0.4 is 5.32 Å². The summed E-state index contributed by atoms with van der Waals surface area (Å²) in [5.74, 6) is -0.0576. The molecule has 1 amide bonds. The lowest BCUT2D eigenvalue weighted by Crippen LogP contribution is -2.25. The molecular weight excluding hydrogens is 240 g/mol. The van der Waals surface area contributed by atoms with Gasteiger partial charge in [0.15, 0.2) is 0 Å². The summed E-state index contributed by atoms with van der Waals surface area (Å²) in [7, 11) is 1.65. The highest BCUT2D eigenvalue weighted by Crippen LogP contribution is 2.17. The summed E-state index contributed by atoms with van der Waals surface area (Å²) in [6.45, 7) is 3.16. The van der Waals surface area contributed by atoms with E-state index < -0.39 is 0 Å². The number of para-hydroxylation sites is 1. The van der Waals surface area contributed by atoms with E-state index in [2.05, 4.69) is 10.3 Å². The first-order chi connectivity index (χ1) is 9.22. The molecule has 2 rings (SSSR count). The fraction of sp³-hybridized carbons (Fsp3) is 0.333. The molecule has 1 N–H and O–H groups in total. The monoisotopic (exact) mass is 258 g/mol. The maximum atomic E-state index is 12.2. The largest absolute Gasteiger partial charge is 0.385 e. The van der Waals surface area contributed by atoms with Gasteiger partial charge >= 0.3 is 0 Å². The van der Waals surface area contributed by atoms with Gasteiger partial charge in [-0.1, -0.05) is 18.2 Å². The molecule has 4 heteroatoms. The van der Waals surface area contributed by atoms with Crippen molar-refractivity contribution in [2.45, 2.75) is 13.3 Å². The summed E-state index contributed by atoms with van der Waals surface area (Å²) in [6.07, 6.45) is 0.810. The van der Waals surface area contributed by atoms with Gasteiger partial charge < -0.3 is 10.1 Å². The van der Waals surface area contributed by atoms with Crippen LogP contribution in [0.3, 0.4) is 0 Å². The minimum Gasteiger partial charge on any atom is -0.385 e. The second-order valence-electron chi connectivity index (χ2n) is 4.43. The number of ether oxygens (including phenoxy) is 1. The van der Waals surface area contributed by atoms with Gasteiger partial charge in [-0.2, -0.15) is 0 Å². The Hall–Kier alpha value is -1.94. The molecule has 0 spiro atoms. The van der Waals surface area contributed by atoms with Crippen molar-refractivity contribution in [2.24, 2.45) is 0 Å². The molecule has 1 aromatic carbocycles. The lowest BCUT2D eigenvalue weighted by Gasteiger charge is -2.08. The van der Waals surface area contributed by atoms with Crippen LogP contribution in [0.4, 0.5) is 0 Å². The minimum absolute atomic E-state index is 0.0576. The second kappa shape index (κ2) is 6.29. The molecule has 2 aromatic rings. The summed E-state index contributed by atoms with van der Waals surface area (Å²) in [5, 5.41) is 3.79. The van der Waals surface area contributed by atoms with Crippen LogP contribution in [0.5, 0.6) is 0 Å².